The third-order valence-electron chi connectivity index (χ3n) is 14.2. The van der Waals surface area contributed by atoms with Crippen molar-refractivity contribution in [2.45, 2.75) is 5.41 Å². The monoisotopic (exact) mass is 896 g/mol. The van der Waals surface area contributed by atoms with Gasteiger partial charge in [0.25, 0.3) is 0 Å². The van der Waals surface area contributed by atoms with Gasteiger partial charge in [-0.1, -0.05) is 200 Å². The van der Waals surface area contributed by atoms with Gasteiger partial charge >= 0.3 is 0 Å². The molecule has 0 fully saturated rings. The van der Waals surface area contributed by atoms with Crippen LogP contribution in [0.3, 0.4) is 0 Å². The summed E-state index contributed by atoms with van der Waals surface area (Å²) in [6, 6.07) is 87.5. The molecule has 0 unspecified atom stereocenters. The molecule has 0 aliphatic heterocycles. The summed E-state index contributed by atoms with van der Waals surface area (Å²) in [6.07, 6.45) is 0. The number of fused-ring (bicyclic) bond motifs is 9. The number of thiophene rings is 1. The van der Waals surface area contributed by atoms with E-state index in [0.717, 1.165) is 66.7 Å². The number of rotatable bonds is 7. The van der Waals surface area contributed by atoms with Gasteiger partial charge in [-0.25, -0.2) is 9.97 Å². The normalized spacial score (nSPS) is 12.8. The fourth-order valence-corrected chi connectivity index (χ4v) is 12.3. The van der Waals surface area contributed by atoms with Crippen molar-refractivity contribution >= 4 is 53.4 Å². The zero-order valence-electron chi connectivity index (χ0n) is 37.3. The van der Waals surface area contributed by atoms with Gasteiger partial charge in [0.05, 0.1) is 16.8 Å². The van der Waals surface area contributed by atoms with Gasteiger partial charge in [-0.3, -0.25) is 0 Å². The van der Waals surface area contributed by atoms with Gasteiger partial charge in [0.1, 0.15) is 11.2 Å². The predicted molar refractivity (Wildman–Crippen MR) is 287 cm³/mol. The summed E-state index contributed by atoms with van der Waals surface area (Å²) in [5, 5.41) is 4.81. The van der Waals surface area contributed by atoms with E-state index in [-0.39, 0.29) is 0 Å². The summed E-state index contributed by atoms with van der Waals surface area (Å²) in [5.41, 5.74) is 18.1. The Hall–Kier alpha value is -8.70. The van der Waals surface area contributed by atoms with Crippen LogP contribution in [0.2, 0.25) is 0 Å². The number of hydrogen-bond donors (Lipinski definition) is 0. The first kappa shape index (κ1) is 39.5. The van der Waals surface area contributed by atoms with Gasteiger partial charge in [-0.2, -0.15) is 0 Å². The Bertz CT molecular complexity index is 4090. The third kappa shape index (κ3) is 6.26. The molecule has 69 heavy (non-hydrogen) atoms. The van der Waals surface area contributed by atoms with Crippen molar-refractivity contribution in [2.75, 3.05) is 0 Å². The summed E-state index contributed by atoms with van der Waals surface area (Å²) < 4.78 is 8.74. The second kappa shape index (κ2) is 15.7. The molecule has 0 saturated heterocycles. The number of benzene rings is 10. The highest BCUT2D eigenvalue weighted by atomic mass is 32.1. The van der Waals surface area contributed by atoms with Crippen molar-refractivity contribution in [3.8, 4) is 67.3 Å². The van der Waals surface area contributed by atoms with Crippen LogP contribution in [0, 0.1) is 0 Å². The maximum atomic E-state index is 6.16. The van der Waals surface area contributed by atoms with E-state index in [4.69, 9.17) is 14.4 Å². The van der Waals surface area contributed by atoms with Gasteiger partial charge in [0.15, 0.2) is 5.82 Å². The van der Waals surface area contributed by atoms with Crippen LogP contribution in [-0.4, -0.2) is 9.97 Å². The Balaban J connectivity index is 0.943. The Labute approximate surface area is 403 Å². The van der Waals surface area contributed by atoms with Gasteiger partial charge < -0.3 is 4.42 Å². The van der Waals surface area contributed by atoms with Gasteiger partial charge in [0, 0.05) is 47.6 Å². The molecule has 3 aromatic heterocycles. The second-order valence-electron chi connectivity index (χ2n) is 18.0. The van der Waals surface area contributed by atoms with E-state index in [2.05, 4.69) is 231 Å². The van der Waals surface area contributed by atoms with Crippen molar-refractivity contribution in [3.05, 3.63) is 265 Å². The van der Waals surface area contributed by atoms with E-state index in [0.29, 0.717) is 5.82 Å². The molecule has 3 nitrogen and oxygen atoms in total. The van der Waals surface area contributed by atoms with Crippen LogP contribution in [0.1, 0.15) is 22.3 Å². The lowest BCUT2D eigenvalue weighted by atomic mass is 9.67. The predicted octanol–water partition coefficient (Wildman–Crippen LogP) is 17.4. The molecule has 0 N–H and O–H groups in total. The highest BCUT2D eigenvalue weighted by Crippen LogP contribution is 2.57. The number of furan rings is 1. The fraction of sp³-hybridized carbons (Fsp3) is 0.0154. The first-order valence-corrected chi connectivity index (χ1v) is 24.3. The van der Waals surface area contributed by atoms with Crippen molar-refractivity contribution in [1.29, 1.82) is 0 Å². The summed E-state index contributed by atoms with van der Waals surface area (Å²) in [5.74, 6) is 0.676. The van der Waals surface area contributed by atoms with E-state index in [1.807, 2.05) is 23.5 Å². The SMILES string of the molecule is c1ccc(C2(c3ccccc3)c3ccccc3-c3ccc(-c4cc(-c5ccc(-c6ccc7oc8ccccc8c7c6)cc5)nc(-c5cccc(-c6cccc7c6sc6ccccc67)c5)n4)cc32)cc1. The third-order valence-corrected chi connectivity index (χ3v) is 15.4. The Morgan fingerprint density at radius 2 is 0.928 bits per heavy atom. The van der Waals surface area contributed by atoms with Gasteiger partial charge in [0.2, 0.25) is 0 Å². The van der Waals surface area contributed by atoms with Crippen molar-refractivity contribution in [1.82, 2.24) is 9.97 Å². The van der Waals surface area contributed by atoms with Crippen LogP contribution in [0.25, 0.3) is 109 Å². The largest absolute Gasteiger partial charge is 0.456 e. The number of aromatic nitrogens is 2. The van der Waals surface area contributed by atoms with Crippen LogP contribution in [0.5, 0.6) is 0 Å². The van der Waals surface area contributed by atoms with Crippen LogP contribution in [0.4, 0.5) is 0 Å². The van der Waals surface area contributed by atoms with Crippen molar-refractivity contribution in [3.63, 3.8) is 0 Å². The van der Waals surface area contributed by atoms with E-state index >= 15 is 0 Å². The molecule has 4 heteroatoms. The molecule has 322 valence electrons. The molecule has 1 aliphatic carbocycles. The molecule has 0 amide bonds. The zero-order chi connectivity index (χ0) is 45.5. The van der Waals surface area contributed by atoms with Crippen LogP contribution in [-0.2, 0) is 5.41 Å². The number of hydrogen-bond acceptors (Lipinski definition) is 4. The zero-order valence-corrected chi connectivity index (χ0v) is 38.1. The topological polar surface area (TPSA) is 38.9 Å². The second-order valence-corrected chi connectivity index (χ2v) is 19.1. The molecule has 0 radical (unpaired) electrons. The van der Waals surface area contributed by atoms with Crippen molar-refractivity contribution < 1.29 is 4.42 Å². The lowest BCUT2D eigenvalue weighted by Crippen LogP contribution is -2.28. The van der Waals surface area contributed by atoms with E-state index < -0.39 is 5.41 Å². The Kier molecular flexibility index (Phi) is 8.98. The Morgan fingerprint density at radius 3 is 1.75 bits per heavy atom. The summed E-state index contributed by atoms with van der Waals surface area (Å²) >= 11 is 1.85. The minimum Gasteiger partial charge on any atom is -0.456 e. The number of nitrogens with zero attached hydrogens (tertiary/aromatic N) is 2. The molecule has 3 heterocycles. The highest BCUT2D eigenvalue weighted by Gasteiger charge is 2.46. The summed E-state index contributed by atoms with van der Waals surface area (Å²) in [4.78, 5) is 10.9. The smallest absolute Gasteiger partial charge is 0.160 e. The molecule has 10 aromatic carbocycles. The molecule has 0 atom stereocenters. The molecule has 13 aromatic rings. The highest BCUT2D eigenvalue weighted by molar-refractivity contribution is 7.26. The molecular formula is C65H40N2OS. The standard InChI is InChI=1S/C65H40N2OS/c1-3-17-47(18-4-1)65(48-19-5-2-6-20-48)56-26-10-7-21-50(56)51-35-33-45(39-57(51)65)59-40-58(42-31-29-41(30-32-42)43-34-36-61-55(38-43)52-22-8-11-27-60(52)68-61)66-64(67-59)46-16-13-15-44(37-46)49-24-14-25-54-53-23-9-12-28-62(53)69-63(49)54/h1-40H. The van der Waals surface area contributed by atoms with Gasteiger partial charge in [-0.05, 0) is 98.1 Å². The average Bonchev–Trinajstić information content (AvgIpc) is 4.09. The lowest BCUT2D eigenvalue weighted by Gasteiger charge is -2.34. The maximum absolute atomic E-state index is 6.16. The van der Waals surface area contributed by atoms with E-state index in [9.17, 15) is 0 Å². The van der Waals surface area contributed by atoms with E-state index in [1.54, 1.807) is 0 Å². The van der Waals surface area contributed by atoms with Crippen LogP contribution >= 0.6 is 11.3 Å². The average molecular weight is 897 g/mol. The lowest BCUT2D eigenvalue weighted by molar-refractivity contribution is 0.669. The first-order valence-electron chi connectivity index (χ1n) is 23.5. The molecule has 0 bridgehead atoms. The van der Waals surface area contributed by atoms with Crippen molar-refractivity contribution in [2.24, 2.45) is 0 Å². The summed E-state index contributed by atoms with van der Waals surface area (Å²) in [7, 11) is 0. The molecule has 0 saturated carbocycles. The quantitative estimate of drug-likeness (QED) is 0.160. The molecule has 0 spiro atoms. The summed E-state index contributed by atoms with van der Waals surface area (Å²) in [6.45, 7) is 0. The minimum absolute atomic E-state index is 0.535. The first-order chi connectivity index (χ1) is 34.2. The van der Waals surface area contributed by atoms with E-state index in [1.165, 1.54) is 59.1 Å². The van der Waals surface area contributed by atoms with Gasteiger partial charge in [-0.15, -0.1) is 11.3 Å². The molecular weight excluding hydrogens is 857 g/mol. The Morgan fingerprint density at radius 1 is 0.333 bits per heavy atom. The minimum atomic E-state index is -0.535. The molecule has 14 rings (SSSR count). The fourth-order valence-electron chi connectivity index (χ4n) is 11.0. The maximum Gasteiger partial charge on any atom is 0.160 e. The van der Waals surface area contributed by atoms with Crippen LogP contribution < -0.4 is 0 Å². The molecule has 1 aliphatic rings. The number of para-hydroxylation sites is 1. The van der Waals surface area contributed by atoms with Crippen LogP contribution in [0.15, 0.2) is 247 Å².